The number of aryl methyl sites for hydroxylation is 1. The first kappa shape index (κ1) is 19.5. The zero-order valence-electron chi connectivity index (χ0n) is 16.0. The molecule has 0 spiro atoms. The molecule has 0 atom stereocenters. The Hall–Kier alpha value is -1.51. The van der Waals surface area contributed by atoms with E-state index in [9.17, 15) is 0 Å². The summed E-state index contributed by atoms with van der Waals surface area (Å²) in [6, 6.07) is 4.70. The molecule has 152 valence electrons. The maximum atomic E-state index is 6.64. The zero-order chi connectivity index (χ0) is 20.0. The molecule has 0 aliphatic carbocycles. The van der Waals surface area contributed by atoms with Crippen LogP contribution in [0.15, 0.2) is 18.3 Å². The average Bonchev–Trinajstić information content (AvgIpc) is 2.99. The van der Waals surface area contributed by atoms with Gasteiger partial charge in [0, 0.05) is 16.6 Å². The van der Waals surface area contributed by atoms with Crippen LogP contribution in [-0.4, -0.2) is 51.6 Å². The lowest BCUT2D eigenvalue weighted by Crippen LogP contribution is -2.51. The second-order valence-electron chi connectivity index (χ2n) is 7.66. The Morgan fingerprint density at radius 2 is 2.00 bits per heavy atom. The number of nitrogens with zero attached hydrogens (tertiary/aromatic N) is 4. The molecule has 0 unspecified atom stereocenters. The Morgan fingerprint density at radius 1 is 1.21 bits per heavy atom. The number of fused-ring (bicyclic) bond motifs is 1. The number of aromatic nitrogens is 3. The van der Waals surface area contributed by atoms with Gasteiger partial charge in [0.15, 0.2) is 0 Å². The van der Waals surface area contributed by atoms with E-state index in [1.54, 1.807) is 6.20 Å². The van der Waals surface area contributed by atoms with Crippen LogP contribution in [0.2, 0.25) is 10.0 Å². The van der Waals surface area contributed by atoms with Crippen molar-refractivity contribution in [3.05, 3.63) is 39.6 Å². The number of rotatable bonds is 4. The second kappa shape index (κ2) is 7.96. The first-order chi connectivity index (χ1) is 14.1. The summed E-state index contributed by atoms with van der Waals surface area (Å²) in [6.45, 7) is 5.80. The molecule has 4 heterocycles. The molecule has 6 nitrogen and oxygen atoms in total. The Kier molecular flexibility index (Phi) is 5.34. The van der Waals surface area contributed by atoms with E-state index in [0.29, 0.717) is 22.9 Å². The molecule has 1 aromatic carbocycles. The van der Waals surface area contributed by atoms with E-state index in [0.717, 1.165) is 65.8 Å². The van der Waals surface area contributed by atoms with Gasteiger partial charge in [-0.3, -0.25) is 4.90 Å². The lowest BCUT2D eigenvalue weighted by Gasteiger charge is -2.41. The summed E-state index contributed by atoms with van der Waals surface area (Å²) in [4.78, 5) is 11.6. The molecular weight excluding hydrogens is 429 g/mol. The summed E-state index contributed by atoms with van der Waals surface area (Å²) in [5.41, 5.74) is 2.86. The number of likely N-dealkylation sites (tertiary alicyclic amines) is 1. The lowest BCUT2D eigenvalue weighted by molar-refractivity contribution is -0.0712. The van der Waals surface area contributed by atoms with Gasteiger partial charge < -0.3 is 10.1 Å². The molecule has 29 heavy (non-hydrogen) atoms. The number of anilines is 2. The molecule has 1 N–H and O–H groups in total. The Balaban J connectivity index is 1.38. The number of ether oxygens (including phenoxy) is 1. The molecule has 2 aliphatic rings. The number of benzene rings is 1. The Morgan fingerprint density at radius 3 is 2.66 bits per heavy atom. The van der Waals surface area contributed by atoms with E-state index < -0.39 is 0 Å². The Labute approximate surface area is 183 Å². The lowest BCUT2D eigenvalue weighted by atomic mass is 9.88. The standard InChI is InChI=1S/C20H21Cl2N5OS/c1-11-18(22)19(29-26-11)25-20-23-8-13-6-16(21)15(7-17(13)24-20)12-2-4-27(5-3-12)14-9-28-10-14/h6-8,12,14H,2-5,9-10H2,1H3,(H,23,24,25). The topological polar surface area (TPSA) is 63.2 Å². The van der Waals surface area contributed by atoms with Gasteiger partial charge in [-0.15, -0.1) is 0 Å². The normalized spacial score (nSPS) is 18.9. The SMILES string of the molecule is Cc1nsc(Nc2ncc3cc(Cl)c(C4CCN(C5COC5)CC4)cc3n2)c1Cl. The van der Waals surface area contributed by atoms with Gasteiger partial charge in [-0.1, -0.05) is 23.2 Å². The number of hydrogen-bond donors (Lipinski definition) is 1. The number of halogens is 2. The fourth-order valence-electron chi connectivity index (χ4n) is 3.99. The summed E-state index contributed by atoms with van der Waals surface area (Å²) >= 11 is 14.2. The van der Waals surface area contributed by atoms with E-state index >= 15 is 0 Å². The van der Waals surface area contributed by atoms with Gasteiger partial charge in [-0.05, 0) is 68.0 Å². The van der Waals surface area contributed by atoms with Crippen LogP contribution in [0.3, 0.4) is 0 Å². The highest BCUT2D eigenvalue weighted by Crippen LogP contribution is 2.36. The molecule has 0 amide bonds. The van der Waals surface area contributed by atoms with Gasteiger partial charge in [0.1, 0.15) is 5.00 Å². The quantitative estimate of drug-likeness (QED) is 0.602. The van der Waals surface area contributed by atoms with Crippen LogP contribution >= 0.6 is 34.7 Å². The fraction of sp³-hybridized carbons (Fsp3) is 0.450. The maximum absolute atomic E-state index is 6.64. The predicted molar refractivity (Wildman–Crippen MR) is 118 cm³/mol. The van der Waals surface area contributed by atoms with Gasteiger partial charge in [0.05, 0.1) is 35.5 Å². The van der Waals surface area contributed by atoms with E-state index in [2.05, 4.69) is 25.6 Å². The molecule has 0 saturated carbocycles. The van der Waals surface area contributed by atoms with Crippen LogP contribution < -0.4 is 5.32 Å². The van der Waals surface area contributed by atoms with Crippen molar-refractivity contribution in [1.29, 1.82) is 0 Å². The third-order valence-electron chi connectivity index (χ3n) is 5.82. The van der Waals surface area contributed by atoms with Crippen LogP contribution in [0.1, 0.15) is 30.0 Å². The van der Waals surface area contributed by atoms with Crippen molar-refractivity contribution >= 4 is 56.6 Å². The summed E-state index contributed by atoms with van der Waals surface area (Å²) in [5, 5.41) is 6.28. The Bertz CT molecular complexity index is 1050. The van der Waals surface area contributed by atoms with Crippen molar-refractivity contribution in [3.8, 4) is 0 Å². The smallest absolute Gasteiger partial charge is 0.228 e. The first-order valence-corrected chi connectivity index (χ1v) is 11.3. The van der Waals surface area contributed by atoms with E-state index in [4.69, 9.17) is 32.9 Å². The molecule has 2 aromatic heterocycles. The summed E-state index contributed by atoms with van der Waals surface area (Å²) in [7, 11) is 0. The zero-order valence-corrected chi connectivity index (χ0v) is 18.3. The minimum atomic E-state index is 0.453. The van der Waals surface area contributed by atoms with Crippen molar-refractivity contribution in [2.24, 2.45) is 0 Å². The molecule has 5 rings (SSSR count). The maximum Gasteiger partial charge on any atom is 0.228 e. The number of nitrogens with one attached hydrogen (secondary N) is 1. The highest BCUT2D eigenvalue weighted by atomic mass is 35.5. The summed E-state index contributed by atoms with van der Waals surface area (Å²) in [6.07, 6.45) is 4.00. The van der Waals surface area contributed by atoms with E-state index in [-0.39, 0.29) is 0 Å². The summed E-state index contributed by atoms with van der Waals surface area (Å²) in [5.74, 6) is 0.963. The molecule has 2 fully saturated rings. The van der Waals surface area contributed by atoms with Crippen LogP contribution in [0.25, 0.3) is 10.9 Å². The van der Waals surface area contributed by atoms with Crippen molar-refractivity contribution in [1.82, 2.24) is 19.2 Å². The largest absolute Gasteiger partial charge is 0.378 e. The summed E-state index contributed by atoms with van der Waals surface area (Å²) < 4.78 is 9.59. The van der Waals surface area contributed by atoms with Crippen molar-refractivity contribution < 1.29 is 4.74 Å². The van der Waals surface area contributed by atoms with E-state index in [1.807, 2.05) is 13.0 Å². The van der Waals surface area contributed by atoms with Crippen LogP contribution in [0.4, 0.5) is 10.9 Å². The number of piperidine rings is 1. The van der Waals surface area contributed by atoms with Gasteiger partial charge in [-0.2, -0.15) is 4.37 Å². The fourth-order valence-corrected chi connectivity index (χ4v) is 5.24. The van der Waals surface area contributed by atoms with Gasteiger partial charge in [0.2, 0.25) is 5.95 Å². The minimum absolute atomic E-state index is 0.453. The van der Waals surface area contributed by atoms with Crippen LogP contribution in [0.5, 0.6) is 0 Å². The van der Waals surface area contributed by atoms with Crippen LogP contribution in [0, 0.1) is 6.92 Å². The third-order valence-corrected chi connectivity index (χ3v) is 7.58. The van der Waals surface area contributed by atoms with Gasteiger partial charge in [-0.25, -0.2) is 9.97 Å². The monoisotopic (exact) mass is 449 g/mol. The molecule has 2 aliphatic heterocycles. The van der Waals surface area contributed by atoms with Crippen molar-refractivity contribution in [2.75, 3.05) is 31.6 Å². The third kappa shape index (κ3) is 3.82. The molecular formula is C20H21Cl2N5OS. The highest BCUT2D eigenvalue weighted by molar-refractivity contribution is 7.11. The highest BCUT2D eigenvalue weighted by Gasteiger charge is 2.30. The van der Waals surface area contributed by atoms with Crippen molar-refractivity contribution in [3.63, 3.8) is 0 Å². The van der Waals surface area contributed by atoms with Gasteiger partial charge in [0.25, 0.3) is 0 Å². The van der Waals surface area contributed by atoms with Crippen LogP contribution in [-0.2, 0) is 4.74 Å². The molecule has 3 aromatic rings. The molecule has 0 radical (unpaired) electrons. The first-order valence-electron chi connectivity index (χ1n) is 9.75. The molecule has 9 heteroatoms. The minimum Gasteiger partial charge on any atom is -0.378 e. The van der Waals surface area contributed by atoms with Gasteiger partial charge >= 0.3 is 0 Å². The number of hydrogen-bond acceptors (Lipinski definition) is 7. The molecule has 2 saturated heterocycles. The second-order valence-corrected chi connectivity index (χ2v) is 9.22. The molecule has 0 bridgehead atoms. The van der Waals surface area contributed by atoms with Crippen molar-refractivity contribution in [2.45, 2.75) is 31.7 Å². The predicted octanol–water partition coefficient (Wildman–Crippen LogP) is 5.02. The van der Waals surface area contributed by atoms with E-state index in [1.165, 1.54) is 17.1 Å². The average molecular weight is 450 g/mol.